The Morgan fingerprint density at radius 3 is 2.90 bits per heavy atom. The molecule has 5 heteroatoms. The molecule has 0 atom stereocenters. The molecule has 3 rings (SSSR count). The van der Waals surface area contributed by atoms with Gasteiger partial charge in [0.15, 0.2) is 5.43 Å². The van der Waals surface area contributed by atoms with E-state index in [0.717, 1.165) is 27.5 Å². The van der Waals surface area contributed by atoms with Crippen LogP contribution in [0.25, 0.3) is 27.7 Å². The summed E-state index contributed by atoms with van der Waals surface area (Å²) in [4.78, 5) is 20.0. The van der Waals surface area contributed by atoms with Crippen LogP contribution < -0.4 is 10.2 Å². The van der Waals surface area contributed by atoms with E-state index >= 15 is 0 Å². The van der Waals surface area contributed by atoms with Crippen LogP contribution in [0.2, 0.25) is 0 Å². The normalized spacial score (nSPS) is 10.8. The smallest absolute Gasteiger partial charge is 0.190 e. The number of methoxy groups -OCH3 is 1. The topological polar surface area (TPSA) is 55.0 Å². The second kappa shape index (κ2) is 5.18. The number of aromatic nitrogens is 2. The van der Waals surface area contributed by atoms with Crippen molar-refractivity contribution < 1.29 is 4.74 Å². The number of nitrogens with one attached hydrogen (secondary N) is 1. The van der Waals surface area contributed by atoms with Crippen LogP contribution in [-0.2, 0) is 0 Å². The van der Waals surface area contributed by atoms with Gasteiger partial charge in [-0.25, -0.2) is 4.98 Å². The lowest BCUT2D eigenvalue weighted by Crippen LogP contribution is -2.04. The predicted molar refractivity (Wildman–Crippen MR) is 87.1 cm³/mol. The Hall–Kier alpha value is -2.40. The number of hydrogen-bond acceptors (Lipinski definition) is 4. The summed E-state index contributed by atoms with van der Waals surface area (Å²) < 4.78 is 5.31. The highest BCUT2D eigenvalue weighted by atomic mass is 32.1. The maximum absolute atomic E-state index is 12.3. The second-order valence-electron chi connectivity index (χ2n) is 4.64. The molecule has 0 aliphatic heterocycles. The molecule has 2 aromatic heterocycles. The first-order valence-electron chi connectivity index (χ1n) is 6.43. The summed E-state index contributed by atoms with van der Waals surface area (Å²) in [5, 5.41) is 3.33. The van der Waals surface area contributed by atoms with Gasteiger partial charge >= 0.3 is 0 Å². The maximum Gasteiger partial charge on any atom is 0.190 e. The Morgan fingerprint density at radius 1 is 1.43 bits per heavy atom. The van der Waals surface area contributed by atoms with Crippen molar-refractivity contribution in [3.8, 4) is 16.5 Å². The van der Waals surface area contributed by atoms with Crippen LogP contribution in [-0.4, -0.2) is 17.1 Å². The van der Waals surface area contributed by atoms with Crippen LogP contribution in [0, 0.1) is 6.92 Å². The van der Waals surface area contributed by atoms with Crippen molar-refractivity contribution in [1.82, 2.24) is 9.97 Å². The standard InChI is InChI=1S/C16H14N2O2S/c1-4-10-8-21-16(17-10)12-7-13(19)11-5-6-14(20-3)9(2)15(11)18-12/h4-8H,1H2,2-3H3,(H,18,19). The monoisotopic (exact) mass is 298 g/mol. The highest BCUT2D eigenvalue weighted by Gasteiger charge is 2.11. The summed E-state index contributed by atoms with van der Waals surface area (Å²) in [6.45, 7) is 5.63. The van der Waals surface area contributed by atoms with Gasteiger partial charge in [-0.05, 0) is 25.1 Å². The summed E-state index contributed by atoms with van der Waals surface area (Å²) in [5.74, 6) is 0.751. The minimum Gasteiger partial charge on any atom is -0.496 e. The molecule has 0 radical (unpaired) electrons. The van der Waals surface area contributed by atoms with E-state index in [1.165, 1.54) is 11.3 Å². The largest absolute Gasteiger partial charge is 0.496 e. The number of H-pyrrole nitrogens is 1. The molecular formula is C16H14N2O2S. The molecular weight excluding hydrogens is 284 g/mol. The molecule has 0 aliphatic carbocycles. The van der Waals surface area contributed by atoms with E-state index in [9.17, 15) is 4.79 Å². The molecule has 0 unspecified atom stereocenters. The third-order valence-corrected chi connectivity index (χ3v) is 4.29. The van der Waals surface area contributed by atoms with E-state index in [0.29, 0.717) is 11.1 Å². The van der Waals surface area contributed by atoms with Crippen LogP contribution >= 0.6 is 11.3 Å². The highest BCUT2D eigenvalue weighted by Crippen LogP contribution is 2.27. The van der Waals surface area contributed by atoms with Gasteiger partial charge in [0.2, 0.25) is 0 Å². The van der Waals surface area contributed by atoms with E-state index in [1.807, 2.05) is 18.4 Å². The first-order chi connectivity index (χ1) is 10.1. The van der Waals surface area contributed by atoms with E-state index in [4.69, 9.17) is 4.74 Å². The molecule has 0 spiro atoms. The maximum atomic E-state index is 12.3. The zero-order valence-corrected chi connectivity index (χ0v) is 12.6. The van der Waals surface area contributed by atoms with Gasteiger partial charge in [-0.1, -0.05) is 6.58 Å². The summed E-state index contributed by atoms with van der Waals surface area (Å²) >= 11 is 1.48. The lowest BCUT2D eigenvalue weighted by molar-refractivity contribution is 0.412. The molecule has 0 aliphatic rings. The summed E-state index contributed by atoms with van der Waals surface area (Å²) in [6.07, 6.45) is 1.69. The molecule has 0 fully saturated rings. The van der Waals surface area contributed by atoms with Gasteiger partial charge in [0.1, 0.15) is 10.8 Å². The molecule has 106 valence electrons. The number of ether oxygens (including phenoxy) is 1. The van der Waals surface area contributed by atoms with Gasteiger partial charge in [0, 0.05) is 22.4 Å². The Bertz CT molecular complexity index is 893. The molecule has 1 aromatic carbocycles. The Labute approximate surface area is 125 Å². The minimum atomic E-state index is -0.0279. The number of fused-ring (bicyclic) bond motifs is 1. The SMILES string of the molecule is C=Cc1csc(-c2cc(=O)c3ccc(OC)c(C)c3[nH]2)n1. The van der Waals surface area contributed by atoms with Crippen LogP contribution in [0.5, 0.6) is 5.75 Å². The number of rotatable bonds is 3. The number of pyridine rings is 1. The number of nitrogens with zero attached hydrogens (tertiary/aromatic N) is 1. The highest BCUT2D eigenvalue weighted by molar-refractivity contribution is 7.13. The van der Waals surface area contributed by atoms with Gasteiger partial charge in [-0.3, -0.25) is 4.79 Å². The number of aryl methyl sites for hydroxylation is 1. The van der Waals surface area contributed by atoms with Gasteiger partial charge < -0.3 is 9.72 Å². The van der Waals surface area contributed by atoms with Crippen LogP contribution in [0.4, 0.5) is 0 Å². The summed E-state index contributed by atoms with van der Waals surface area (Å²) in [5.41, 5.74) is 3.18. The molecule has 0 saturated carbocycles. The van der Waals surface area contributed by atoms with E-state index in [1.54, 1.807) is 25.3 Å². The predicted octanol–water partition coefficient (Wildman–Crippen LogP) is 3.61. The first kappa shape index (κ1) is 13.6. The Balaban J connectivity index is 2.28. The minimum absolute atomic E-state index is 0.0279. The van der Waals surface area contributed by atoms with Crippen LogP contribution in [0.1, 0.15) is 11.3 Å². The van der Waals surface area contributed by atoms with Crippen molar-refractivity contribution in [2.45, 2.75) is 6.92 Å². The van der Waals surface area contributed by atoms with Crippen molar-refractivity contribution in [3.05, 3.63) is 51.6 Å². The number of hydrogen-bond donors (Lipinski definition) is 1. The molecule has 4 nitrogen and oxygen atoms in total. The van der Waals surface area contributed by atoms with Crippen LogP contribution in [0.15, 0.2) is 35.0 Å². The second-order valence-corrected chi connectivity index (χ2v) is 5.50. The number of aromatic amines is 1. The third kappa shape index (κ3) is 2.25. The van der Waals surface area contributed by atoms with E-state index in [2.05, 4.69) is 16.5 Å². The molecule has 0 bridgehead atoms. The summed E-state index contributed by atoms with van der Waals surface area (Å²) in [7, 11) is 1.62. The van der Waals surface area contributed by atoms with E-state index < -0.39 is 0 Å². The molecule has 21 heavy (non-hydrogen) atoms. The Morgan fingerprint density at radius 2 is 2.24 bits per heavy atom. The fraction of sp³-hybridized carbons (Fsp3) is 0.125. The fourth-order valence-corrected chi connectivity index (χ4v) is 3.05. The average Bonchev–Trinajstić information content (AvgIpc) is 2.97. The van der Waals surface area contributed by atoms with Crippen molar-refractivity contribution in [1.29, 1.82) is 0 Å². The molecule has 0 amide bonds. The first-order valence-corrected chi connectivity index (χ1v) is 7.31. The fourth-order valence-electron chi connectivity index (χ4n) is 2.28. The van der Waals surface area contributed by atoms with Gasteiger partial charge in [-0.15, -0.1) is 11.3 Å². The van der Waals surface area contributed by atoms with Crippen molar-refractivity contribution >= 4 is 28.3 Å². The molecule has 0 saturated heterocycles. The van der Waals surface area contributed by atoms with Crippen LogP contribution in [0.3, 0.4) is 0 Å². The van der Waals surface area contributed by atoms with Crippen molar-refractivity contribution in [2.75, 3.05) is 7.11 Å². The Kier molecular flexibility index (Phi) is 3.35. The van der Waals surface area contributed by atoms with Crippen molar-refractivity contribution in [2.24, 2.45) is 0 Å². The quantitative estimate of drug-likeness (QED) is 0.803. The molecule has 1 N–H and O–H groups in total. The average molecular weight is 298 g/mol. The zero-order valence-electron chi connectivity index (χ0n) is 11.8. The van der Waals surface area contributed by atoms with Crippen molar-refractivity contribution in [3.63, 3.8) is 0 Å². The lowest BCUT2D eigenvalue weighted by atomic mass is 10.1. The van der Waals surface area contributed by atoms with E-state index in [-0.39, 0.29) is 5.43 Å². The lowest BCUT2D eigenvalue weighted by Gasteiger charge is -2.09. The van der Waals surface area contributed by atoms with Gasteiger partial charge in [-0.2, -0.15) is 0 Å². The molecule has 2 heterocycles. The number of thiazole rings is 1. The molecule has 3 aromatic rings. The zero-order chi connectivity index (χ0) is 15.0. The third-order valence-electron chi connectivity index (χ3n) is 3.40. The van der Waals surface area contributed by atoms with Gasteiger partial charge in [0.05, 0.1) is 24.0 Å². The van der Waals surface area contributed by atoms with Gasteiger partial charge in [0.25, 0.3) is 0 Å². The summed E-state index contributed by atoms with van der Waals surface area (Å²) in [6, 6.07) is 5.17. The number of benzene rings is 1.